The van der Waals surface area contributed by atoms with Crippen molar-refractivity contribution in [1.82, 2.24) is 9.88 Å². The lowest BCUT2D eigenvalue weighted by Gasteiger charge is -2.05. The molecule has 1 aromatic heterocycles. The maximum absolute atomic E-state index is 12.6. The molecule has 3 aromatic rings. The third-order valence-electron chi connectivity index (χ3n) is 4.06. The number of pyridine rings is 1. The van der Waals surface area contributed by atoms with Gasteiger partial charge in [0.1, 0.15) is 0 Å². The normalized spacial score (nSPS) is 12.5. The summed E-state index contributed by atoms with van der Waals surface area (Å²) in [5.41, 5.74) is 4.21. The summed E-state index contributed by atoms with van der Waals surface area (Å²) in [4.78, 5) is 18.3. The monoisotopic (exact) mass is 344 g/mol. The van der Waals surface area contributed by atoms with Crippen LogP contribution in [0.4, 0.5) is 0 Å². The van der Waals surface area contributed by atoms with Gasteiger partial charge in [0.25, 0.3) is 5.91 Å². The summed E-state index contributed by atoms with van der Waals surface area (Å²) in [6.07, 6.45) is 3.50. The average Bonchev–Trinajstić information content (AvgIpc) is 2.98. The maximum atomic E-state index is 12.6. The lowest BCUT2D eigenvalue weighted by Crippen LogP contribution is -2.17. The molecule has 0 saturated heterocycles. The van der Waals surface area contributed by atoms with E-state index in [0.717, 1.165) is 22.3 Å². The van der Waals surface area contributed by atoms with Crippen LogP contribution in [0.3, 0.4) is 0 Å². The number of aromatic nitrogens is 1. The number of amides is 1. The highest BCUT2D eigenvalue weighted by Gasteiger charge is 2.29. The van der Waals surface area contributed by atoms with E-state index in [-0.39, 0.29) is 5.91 Å². The van der Waals surface area contributed by atoms with E-state index in [2.05, 4.69) is 16.9 Å². The highest BCUT2D eigenvalue weighted by atomic mass is 35.5. The molecular formula is C21H13ClN2O. The summed E-state index contributed by atoms with van der Waals surface area (Å²) < 4.78 is 0. The molecule has 0 radical (unpaired) electrons. The predicted octanol–water partition coefficient (Wildman–Crippen LogP) is 4.37. The SMILES string of the molecule is O=C1c2c(Cl)cc(-c3cccnc3)cc2CN1C#Cc1ccccc1. The molecule has 0 spiro atoms. The van der Waals surface area contributed by atoms with Crippen LogP contribution in [0.5, 0.6) is 0 Å². The van der Waals surface area contributed by atoms with E-state index in [1.165, 1.54) is 4.90 Å². The first kappa shape index (κ1) is 15.4. The number of hydrogen-bond acceptors (Lipinski definition) is 2. The largest absolute Gasteiger partial charge is 0.268 e. The van der Waals surface area contributed by atoms with Gasteiger partial charge in [-0.05, 0) is 47.4 Å². The van der Waals surface area contributed by atoms with Crippen LogP contribution in [0.1, 0.15) is 21.5 Å². The fourth-order valence-corrected chi connectivity index (χ4v) is 3.17. The summed E-state index contributed by atoms with van der Waals surface area (Å²) in [7, 11) is 0. The van der Waals surface area contributed by atoms with Crippen LogP contribution in [0.25, 0.3) is 11.1 Å². The van der Waals surface area contributed by atoms with Crippen molar-refractivity contribution in [2.24, 2.45) is 0 Å². The minimum atomic E-state index is -0.152. The Morgan fingerprint density at radius 3 is 2.64 bits per heavy atom. The van der Waals surface area contributed by atoms with Gasteiger partial charge in [0.2, 0.25) is 0 Å². The average molecular weight is 345 g/mol. The molecule has 120 valence electrons. The second-order valence-corrected chi connectivity index (χ2v) is 6.14. The smallest absolute Gasteiger partial charge is 0.267 e. The molecule has 0 N–H and O–H groups in total. The Kier molecular flexibility index (Phi) is 3.97. The van der Waals surface area contributed by atoms with Gasteiger partial charge in [0.05, 0.1) is 17.1 Å². The molecule has 1 aliphatic heterocycles. The van der Waals surface area contributed by atoms with Crippen molar-refractivity contribution in [3.63, 3.8) is 0 Å². The van der Waals surface area contributed by atoms with Gasteiger partial charge in [0, 0.05) is 29.6 Å². The molecule has 0 unspecified atom stereocenters. The van der Waals surface area contributed by atoms with Gasteiger partial charge in [-0.2, -0.15) is 0 Å². The van der Waals surface area contributed by atoms with E-state index < -0.39 is 0 Å². The predicted molar refractivity (Wildman–Crippen MR) is 97.9 cm³/mol. The molecule has 0 atom stereocenters. The number of carbonyl (C=O) groups is 1. The number of nitrogens with zero attached hydrogens (tertiary/aromatic N) is 2. The van der Waals surface area contributed by atoms with E-state index in [1.807, 2.05) is 54.6 Å². The Morgan fingerprint density at radius 1 is 1.04 bits per heavy atom. The molecule has 25 heavy (non-hydrogen) atoms. The number of halogens is 1. The number of carbonyl (C=O) groups excluding carboxylic acids is 1. The molecule has 0 bridgehead atoms. The number of hydrogen-bond donors (Lipinski definition) is 0. The summed E-state index contributed by atoms with van der Waals surface area (Å²) >= 11 is 6.39. The first-order chi connectivity index (χ1) is 12.2. The Balaban J connectivity index is 1.68. The van der Waals surface area contributed by atoms with Crippen LogP contribution in [-0.4, -0.2) is 15.8 Å². The van der Waals surface area contributed by atoms with Gasteiger partial charge >= 0.3 is 0 Å². The number of fused-ring (bicyclic) bond motifs is 1. The highest BCUT2D eigenvalue weighted by Crippen LogP contribution is 2.33. The Bertz CT molecular complexity index is 1000. The van der Waals surface area contributed by atoms with E-state index in [1.54, 1.807) is 12.4 Å². The molecule has 2 aromatic carbocycles. The Labute approximate surface area is 150 Å². The van der Waals surface area contributed by atoms with Crippen molar-refractivity contribution >= 4 is 17.5 Å². The van der Waals surface area contributed by atoms with E-state index in [0.29, 0.717) is 17.1 Å². The fourth-order valence-electron chi connectivity index (χ4n) is 2.85. The van der Waals surface area contributed by atoms with Crippen molar-refractivity contribution < 1.29 is 4.79 Å². The molecule has 1 aliphatic rings. The van der Waals surface area contributed by atoms with Crippen LogP contribution < -0.4 is 0 Å². The van der Waals surface area contributed by atoms with Gasteiger partial charge in [-0.3, -0.25) is 14.7 Å². The van der Waals surface area contributed by atoms with Crippen molar-refractivity contribution in [2.45, 2.75) is 6.54 Å². The van der Waals surface area contributed by atoms with Crippen LogP contribution in [0.2, 0.25) is 5.02 Å². The first-order valence-electron chi connectivity index (χ1n) is 7.84. The van der Waals surface area contributed by atoms with Gasteiger partial charge < -0.3 is 0 Å². The van der Waals surface area contributed by atoms with Crippen LogP contribution in [-0.2, 0) is 6.54 Å². The minimum absolute atomic E-state index is 0.152. The van der Waals surface area contributed by atoms with Crippen LogP contribution in [0, 0.1) is 12.0 Å². The molecule has 1 amide bonds. The van der Waals surface area contributed by atoms with Crippen molar-refractivity contribution in [3.05, 3.63) is 88.7 Å². The van der Waals surface area contributed by atoms with Crippen LogP contribution in [0.15, 0.2) is 67.0 Å². The topological polar surface area (TPSA) is 33.2 Å². The van der Waals surface area contributed by atoms with Gasteiger partial charge in [-0.1, -0.05) is 35.9 Å². The van der Waals surface area contributed by atoms with Gasteiger partial charge in [-0.25, -0.2) is 0 Å². The Hall–Kier alpha value is -3.09. The quantitative estimate of drug-likeness (QED) is 0.614. The lowest BCUT2D eigenvalue weighted by molar-refractivity contribution is 0.0854. The molecule has 0 aliphatic carbocycles. The fraction of sp³-hybridized carbons (Fsp3) is 0.0476. The van der Waals surface area contributed by atoms with Crippen molar-refractivity contribution in [1.29, 1.82) is 0 Å². The number of rotatable bonds is 1. The molecule has 0 fully saturated rings. The Morgan fingerprint density at radius 2 is 1.88 bits per heavy atom. The third-order valence-corrected chi connectivity index (χ3v) is 4.36. The molecule has 0 saturated carbocycles. The molecule has 4 rings (SSSR count). The zero-order chi connectivity index (χ0) is 17.2. The minimum Gasteiger partial charge on any atom is -0.268 e. The van der Waals surface area contributed by atoms with Gasteiger partial charge in [-0.15, -0.1) is 0 Å². The van der Waals surface area contributed by atoms with E-state index in [4.69, 9.17) is 11.6 Å². The van der Waals surface area contributed by atoms with Gasteiger partial charge in [0.15, 0.2) is 0 Å². The van der Waals surface area contributed by atoms with Crippen molar-refractivity contribution in [2.75, 3.05) is 0 Å². The van der Waals surface area contributed by atoms with Crippen LogP contribution >= 0.6 is 11.6 Å². The molecule has 2 heterocycles. The zero-order valence-corrected chi connectivity index (χ0v) is 14.0. The molecule has 3 nitrogen and oxygen atoms in total. The summed E-state index contributed by atoms with van der Waals surface area (Å²) in [5, 5.41) is 0.449. The zero-order valence-electron chi connectivity index (χ0n) is 13.2. The summed E-state index contributed by atoms with van der Waals surface area (Å²) in [5.74, 6) is 2.87. The summed E-state index contributed by atoms with van der Waals surface area (Å²) in [6, 6.07) is 20.2. The second kappa shape index (κ2) is 6.43. The number of benzene rings is 2. The highest BCUT2D eigenvalue weighted by molar-refractivity contribution is 6.34. The van der Waals surface area contributed by atoms with Crippen molar-refractivity contribution in [3.8, 4) is 23.1 Å². The standard InChI is InChI=1S/C21H13ClN2O/c22-19-12-17(16-7-4-9-23-13-16)11-18-14-24(21(25)20(18)19)10-8-15-5-2-1-3-6-15/h1-7,9,11-13H,14H2. The summed E-state index contributed by atoms with van der Waals surface area (Å²) in [6.45, 7) is 0.432. The molecule has 4 heteroatoms. The first-order valence-corrected chi connectivity index (χ1v) is 8.21. The lowest BCUT2D eigenvalue weighted by atomic mass is 10.0. The second-order valence-electron chi connectivity index (χ2n) is 5.73. The van der Waals surface area contributed by atoms with E-state index in [9.17, 15) is 4.79 Å². The maximum Gasteiger partial charge on any atom is 0.267 e. The molecular weight excluding hydrogens is 332 g/mol. The third kappa shape index (κ3) is 3.00. The van der Waals surface area contributed by atoms with E-state index >= 15 is 0 Å².